The van der Waals surface area contributed by atoms with Crippen LogP contribution in [0.2, 0.25) is 0 Å². The Morgan fingerprint density at radius 1 is 1.38 bits per heavy atom. The standard InChI is InChI=1S/C11H12O5/c1-5-3-4-7(12)9(14)11(5)8(13)6(2)16-10(11)15/h3-5,8-9,13-14H,2H2,1H3/t5-,8+,9-,11-/m1/s1. The molecule has 2 aliphatic rings. The van der Waals surface area contributed by atoms with E-state index in [9.17, 15) is 19.8 Å². The highest BCUT2D eigenvalue weighted by atomic mass is 16.6. The minimum atomic E-state index is -1.64. The third kappa shape index (κ3) is 1.07. The van der Waals surface area contributed by atoms with Gasteiger partial charge in [0, 0.05) is 0 Å². The molecule has 0 amide bonds. The second-order valence-corrected chi connectivity index (χ2v) is 4.14. The zero-order valence-corrected chi connectivity index (χ0v) is 8.71. The summed E-state index contributed by atoms with van der Waals surface area (Å²) in [6.07, 6.45) is -0.257. The number of rotatable bonds is 0. The number of hydrogen-bond donors (Lipinski definition) is 2. The van der Waals surface area contributed by atoms with Crippen LogP contribution in [0.15, 0.2) is 24.5 Å². The maximum atomic E-state index is 11.7. The molecule has 86 valence electrons. The van der Waals surface area contributed by atoms with Crippen LogP contribution in [0.4, 0.5) is 0 Å². The Kier molecular flexibility index (Phi) is 2.25. The summed E-state index contributed by atoms with van der Waals surface area (Å²) in [7, 11) is 0. The van der Waals surface area contributed by atoms with Gasteiger partial charge in [0.05, 0.1) is 0 Å². The fraction of sp³-hybridized carbons (Fsp3) is 0.455. The van der Waals surface area contributed by atoms with E-state index in [1.165, 1.54) is 12.2 Å². The third-order valence-corrected chi connectivity index (χ3v) is 3.36. The minimum Gasteiger partial charge on any atom is -0.428 e. The molecule has 0 radical (unpaired) electrons. The van der Waals surface area contributed by atoms with Gasteiger partial charge in [-0.2, -0.15) is 0 Å². The number of aliphatic hydroxyl groups is 2. The van der Waals surface area contributed by atoms with E-state index in [4.69, 9.17) is 4.74 Å². The molecule has 16 heavy (non-hydrogen) atoms. The molecule has 1 spiro atoms. The maximum Gasteiger partial charge on any atom is 0.324 e. The van der Waals surface area contributed by atoms with Crippen LogP contribution >= 0.6 is 0 Å². The van der Waals surface area contributed by atoms with E-state index in [2.05, 4.69) is 6.58 Å². The molecule has 0 aromatic carbocycles. The summed E-state index contributed by atoms with van der Waals surface area (Å²) in [6.45, 7) is 5.02. The van der Waals surface area contributed by atoms with Gasteiger partial charge in [-0.1, -0.05) is 19.6 Å². The molecule has 1 saturated heterocycles. The molecule has 4 atom stereocenters. The van der Waals surface area contributed by atoms with Crippen molar-refractivity contribution in [2.45, 2.75) is 19.1 Å². The normalized spacial score (nSPS) is 42.9. The Morgan fingerprint density at radius 3 is 2.50 bits per heavy atom. The number of ether oxygens (including phenoxy) is 1. The first-order valence-electron chi connectivity index (χ1n) is 4.91. The lowest BCUT2D eigenvalue weighted by Crippen LogP contribution is -2.55. The minimum absolute atomic E-state index is 0.126. The SMILES string of the molecule is C=C1OC(=O)[C@]2([C@H](C)C=CC(=O)[C@H]2O)[C@H]1O. The second kappa shape index (κ2) is 3.26. The molecule has 0 aromatic heterocycles. The molecule has 5 nitrogen and oxygen atoms in total. The van der Waals surface area contributed by atoms with E-state index >= 15 is 0 Å². The van der Waals surface area contributed by atoms with Gasteiger partial charge in [-0.15, -0.1) is 0 Å². The number of ketones is 1. The predicted octanol–water partition coefficient (Wildman–Crippen LogP) is -0.460. The first-order valence-corrected chi connectivity index (χ1v) is 4.91. The van der Waals surface area contributed by atoms with Crippen molar-refractivity contribution in [1.29, 1.82) is 0 Å². The van der Waals surface area contributed by atoms with Gasteiger partial charge in [0.1, 0.15) is 23.4 Å². The van der Waals surface area contributed by atoms with E-state index < -0.39 is 35.3 Å². The van der Waals surface area contributed by atoms with Crippen LogP contribution in [0.1, 0.15) is 6.92 Å². The number of allylic oxidation sites excluding steroid dienone is 1. The third-order valence-electron chi connectivity index (χ3n) is 3.36. The zero-order chi connectivity index (χ0) is 12.1. The smallest absolute Gasteiger partial charge is 0.324 e. The van der Waals surface area contributed by atoms with Crippen LogP contribution in [0.25, 0.3) is 0 Å². The maximum absolute atomic E-state index is 11.7. The Hall–Kier alpha value is -1.46. The number of carbonyl (C=O) groups is 2. The Morgan fingerprint density at radius 2 is 2.00 bits per heavy atom. The van der Waals surface area contributed by atoms with Crippen LogP contribution in [0.3, 0.4) is 0 Å². The molecule has 5 heteroatoms. The lowest BCUT2D eigenvalue weighted by molar-refractivity contribution is -0.163. The van der Waals surface area contributed by atoms with Crippen LogP contribution in [0, 0.1) is 11.3 Å². The Balaban J connectivity index is 2.58. The van der Waals surface area contributed by atoms with E-state index in [1.54, 1.807) is 6.92 Å². The molecule has 2 rings (SSSR count). The molecule has 1 aliphatic carbocycles. The first-order chi connectivity index (χ1) is 7.42. The van der Waals surface area contributed by atoms with Gasteiger partial charge in [-0.25, -0.2) is 0 Å². The Bertz CT molecular complexity index is 411. The molecule has 2 N–H and O–H groups in total. The van der Waals surface area contributed by atoms with Crippen molar-refractivity contribution < 1.29 is 24.5 Å². The van der Waals surface area contributed by atoms with Gasteiger partial charge in [0.15, 0.2) is 5.78 Å². The average molecular weight is 224 g/mol. The lowest BCUT2D eigenvalue weighted by Gasteiger charge is -2.37. The number of esters is 1. The van der Waals surface area contributed by atoms with Crippen molar-refractivity contribution in [1.82, 2.24) is 0 Å². The fourth-order valence-electron chi connectivity index (χ4n) is 2.31. The van der Waals surface area contributed by atoms with Crippen LogP contribution in [-0.2, 0) is 14.3 Å². The molecular weight excluding hydrogens is 212 g/mol. The molecule has 1 aliphatic heterocycles. The monoisotopic (exact) mass is 224 g/mol. The summed E-state index contributed by atoms with van der Waals surface area (Å²) in [5.74, 6) is -2.03. The van der Waals surface area contributed by atoms with Gasteiger partial charge < -0.3 is 14.9 Å². The van der Waals surface area contributed by atoms with E-state index in [1.807, 2.05) is 0 Å². The van der Waals surface area contributed by atoms with E-state index in [0.29, 0.717) is 0 Å². The highest BCUT2D eigenvalue weighted by Gasteiger charge is 2.64. The first kappa shape index (κ1) is 11.0. The summed E-state index contributed by atoms with van der Waals surface area (Å²) in [5, 5.41) is 19.8. The summed E-state index contributed by atoms with van der Waals surface area (Å²) >= 11 is 0. The largest absolute Gasteiger partial charge is 0.428 e. The number of aliphatic hydroxyl groups excluding tert-OH is 2. The van der Waals surface area contributed by atoms with Crippen LogP contribution in [0.5, 0.6) is 0 Å². The summed E-state index contributed by atoms with van der Waals surface area (Å²) in [6, 6.07) is 0. The predicted molar refractivity (Wildman–Crippen MR) is 53.0 cm³/mol. The van der Waals surface area contributed by atoms with Crippen molar-refractivity contribution in [2.24, 2.45) is 11.3 Å². The summed E-state index contributed by atoms with van der Waals surface area (Å²) in [5.41, 5.74) is -1.64. The molecule has 0 aromatic rings. The van der Waals surface area contributed by atoms with Gasteiger partial charge in [0.25, 0.3) is 0 Å². The molecular formula is C11H12O5. The molecule has 1 heterocycles. The van der Waals surface area contributed by atoms with Gasteiger partial charge >= 0.3 is 5.97 Å². The number of cyclic esters (lactones) is 1. The molecule has 1 fully saturated rings. The molecule has 0 unspecified atom stereocenters. The van der Waals surface area contributed by atoms with E-state index in [0.717, 1.165) is 0 Å². The highest BCUT2D eigenvalue weighted by Crippen LogP contribution is 2.47. The van der Waals surface area contributed by atoms with Crippen molar-refractivity contribution in [3.63, 3.8) is 0 Å². The van der Waals surface area contributed by atoms with Gasteiger partial charge in [-0.3, -0.25) is 9.59 Å². The van der Waals surface area contributed by atoms with E-state index in [-0.39, 0.29) is 5.76 Å². The van der Waals surface area contributed by atoms with Crippen molar-refractivity contribution in [3.05, 3.63) is 24.5 Å². The topological polar surface area (TPSA) is 83.8 Å². The summed E-state index contributed by atoms with van der Waals surface area (Å²) < 4.78 is 4.73. The van der Waals surface area contributed by atoms with Crippen LogP contribution in [-0.4, -0.2) is 34.2 Å². The molecule has 0 saturated carbocycles. The van der Waals surface area contributed by atoms with Gasteiger partial charge in [0.2, 0.25) is 0 Å². The average Bonchev–Trinajstić information content (AvgIpc) is 2.45. The zero-order valence-electron chi connectivity index (χ0n) is 8.71. The van der Waals surface area contributed by atoms with Crippen molar-refractivity contribution in [3.8, 4) is 0 Å². The number of hydrogen-bond acceptors (Lipinski definition) is 5. The molecule has 0 bridgehead atoms. The highest BCUT2D eigenvalue weighted by molar-refractivity contribution is 6.01. The van der Waals surface area contributed by atoms with Gasteiger partial charge in [-0.05, 0) is 12.0 Å². The van der Waals surface area contributed by atoms with Crippen LogP contribution < -0.4 is 0 Å². The van der Waals surface area contributed by atoms with Crippen molar-refractivity contribution in [2.75, 3.05) is 0 Å². The lowest BCUT2D eigenvalue weighted by atomic mass is 9.65. The fourth-order valence-corrected chi connectivity index (χ4v) is 2.31. The second-order valence-electron chi connectivity index (χ2n) is 4.14. The quantitative estimate of drug-likeness (QED) is 0.544. The Labute approximate surface area is 92.0 Å². The number of carbonyl (C=O) groups excluding carboxylic acids is 2. The summed E-state index contributed by atoms with van der Waals surface area (Å²) in [4.78, 5) is 23.2. The van der Waals surface area contributed by atoms with Crippen molar-refractivity contribution >= 4 is 11.8 Å².